The number of methoxy groups -OCH3 is 1. The number of nitrogens with zero attached hydrogens (tertiary/aromatic N) is 4. The molecule has 0 saturated carbocycles. The number of amides is 1. The van der Waals surface area contributed by atoms with Gasteiger partial charge >= 0.3 is 5.97 Å². The van der Waals surface area contributed by atoms with E-state index in [1.807, 2.05) is 80.7 Å². The predicted octanol–water partition coefficient (Wildman–Crippen LogP) is 7.38. The fourth-order valence-electron chi connectivity index (χ4n) is 6.31. The summed E-state index contributed by atoms with van der Waals surface area (Å²) in [5, 5.41) is 17.7. The second-order valence-corrected chi connectivity index (χ2v) is 14.2. The molecule has 0 radical (unpaired) electrons. The van der Waals surface area contributed by atoms with Gasteiger partial charge in [-0.1, -0.05) is 23.7 Å². The Kier molecular flexibility index (Phi) is 8.67. The third kappa shape index (κ3) is 6.14. The summed E-state index contributed by atoms with van der Waals surface area (Å²) in [6.07, 6.45) is -0.349. The van der Waals surface area contributed by atoms with Gasteiger partial charge in [-0.2, -0.15) is 5.10 Å². The molecule has 9 nitrogen and oxygen atoms in total. The van der Waals surface area contributed by atoms with Crippen molar-refractivity contribution in [2.75, 3.05) is 26.8 Å². The molecule has 1 unspecified atom stereocenters. The van der Waals surface area contributed by atoms with E-state index in [1.54, 1.807) is 0 Å². The first-order valence-electron chi connectivity index (χ1n) is 15.2. The minimum atomic E-state index is -1.18. The number of rotatable bonds is 8. The van der Waals surface area contributed by atoms with Crippen LogP contribution in [0.5, 0.6) is 0 Å². The minimum Gasteiger partial charge on any atom is -0.479 e. The molecule has 1 fully saturated rings. The molecular weight excluding hydrogens is 624 g/mol. The van der Waals surface area contributed by atoms with Crippen molar-refractivity contribution in [3.8, 4) is 21.7 Å². The average molecular weight is 661 g/mol. The quantitative estimate of drug-likeness (QED) is 0.185. The molecule has 46 heavy (non-hydrogen) atoms. The van der Waals surface area contributed by atoms with Crippen molar-refractivity contribution in [3.63, 3.8) is 0 Å². The van der Waals surface area contributed by atoms with Crippen LogP contribution < -0.4 is 0 Å². The Hall–Kier alpha value is -3.83. The Morgan fingerprint density at radius 2 is 1.85 bits per heavy atom. The summed E-state index contributed by atoms with van der Waals surface area (Å²) in [7, 11) is 3.47. The SMILES string of the molecule is COCC(=O)N1CC[C@H](c2nn(C)c3ccc(-c4nc5cc(C)c(C(OC(C)(C)C)C(=O)O)c(-c6ccc(Cl)cc6)c5s4)cc23)C1. The van der Waals surface area contributed by atoms with Gasteiger partial charge in [0.1, 0.15) is 11.6 Å². The number of halogens is 1. The number of aromatic nitrogens is 3. The number of hydrogen-bond acceptors (Lipinski definition) is 7. The van der Waals surface area contributed by atoms with Crippen molar-refractivity contribution in [2.45, 2.75) is 51.7 Å². The van der Waals surface area contributed by atoms with Gasteiger partial charge in [0, 0.05) is 60.3 Å². The Bertz CT molecular complexity index is 1960. The van der Waals surface area contributed by atoms with Gasteiger partial charge in [0.15, 0.2) is 6.10 Å². The lowest BCUT2D eigenvalue weighted by Gasteiger charge is -2.28. The first kappa shape index (κ1) is 32.1. The summed E-state index contributed by atoms with van der Waals surface area (Å²) in [6, 6.07) is 15.6. The molecule has 240 valence electrons. The van der Waals surface area contributed by atoms with E-state index in [0.717, 1.165) is 60.5 Å². The fourth-order valence-corrected chi connectivity index (χ4v) is 7.56. The topological polar surface area (TPSA) is 107 Å². The first-order valence-corrected chi connectivity index (χ1v) is 16.4. The maximum absolute atomic E-state index is 12.7. The fraction of sp³-hybridized carbons (Fsp3) is 0.371. The number of ether oxygens (including phenoxy) is 2. The molecule has 3 aromatic carbocycles. The zero-order valence-electron chi connectivity index (χ0n) is 26.8. The van der Waals surface area contributed by atoms with E-state index in [-0.39, 0.29) is 18.4 Å². The van der Waals surface area contributed by atoms with Crippen LogP contribution in [-0.4, -0.2) is 69.1 Å². The summed E-state index contributed by atoms with van der Waals surface area (Å²) >= 11 is 7.78. The van der Waals surface area contributed by atoms with Gasteiger partial charge in [0.25, 0.3) is 0 Å². The van der Waals surface area contributed by atoms with Gasteiger partial charge in [0.05, 0.1) is 27.0 Å². The lowest BCUT2D eigenvalue weighted by atomic mass is 9.91. The molecule has 2 atom stereocenters. The van der Waals surface area contributed by atoms with Crippen molar-refractivity contribution in [1.29, 1.82) is 0 Å². The molecule has 1 saturated heterocycles. The highest BCUT2D eigenvalue weighted by molar-refractivity contribution is 7.22. The van der Waals surface area contributed by atoms with E-state index in [1.165, 1.54) is 18.4 Å². The highest BCUT2D eigenvalue weighted by Crippen LogP contribution is 2.45. The van der Waals surface area contributed by atoms with Crippen LogP contribution in [0.4, 0.5) is 0 Å². The average Bonchev–Trinajstić information content (AvgIpc) is 3.73. The van der Waals surface area contributed by atoms with E-state index in [2.05, 4.69) is 12.1 Å². The molecule has 2 aromatic heterocycles. The molecule has 1 N–H and O–H groups in total. The third-order valence-electron chi connectivity index (χ3n) is 8.34. The number of benzene rings is 3. The standard InChI is InChI=1S/C35H37ClN4O5S/c1-19-15-25-32(29(20-7-10-23(36)11-8-20)28(19)31(34(42)43)45-35(2,3)4)46-33(37-25)21-9-12-26-24(16-21)30(38-39(26)5)22-13-14-40(17-22)27(41)18-44-6/h7-12,15-16,22,31H,13-14,17-18H2,1-6H3,(H,42,43)/t22-,31?/m0/s1. The normalized spacial score (nSPS) is 16.1. The van der Waals surface area contributed by atoms with E-state index in [9.17, 15) is 14.7 Å². The van der Waals surface area contributed by atoms with Gasteiger partial charge in [0.2, 0.25) is 5.91 Å². The summed E-state index contributed by atoms with van der Waals surface area (Å²) in [6.45, 7) is 8.83. The smallest absolute Gasteiger partial charge is 0.337 e. The van der Waals surface area contributed by atoms with E-state index < -0.39 is 17.7 Å². The van der Waals surface area contributed by atoms with Crippen molar-refractivity contribution < 1.29 is 24.2 Å². The summed E-state index contributed by atoms with van der Waals surface area (Å²) in [4.78, 5) is 32.1. The Morgan fingerprint density at radius 3 is 2.52 bits per heavy atom. The molecule has 5 aromatic rings. The number of aliphatic carboxylic acids is 1. The van der Waals surface area contributed by atoms with Gasteiger partial charge in [-0.25, -0.2) is 9.78 Å². The van der Waals surface area contributed by atoms with E-state index in [0.29, 0.717) is 23.7 Å². The van der Waals surface area contributed by atoms with Gasteiger partial charge < -0.3 is 19.5 Å². The van der Waals surface area contributed by atoms with Crippen LogP contribution in [0.15, 0.2) is 48.5 Å². The van der Waals surface area contributed by atoms with E-state index >= 15 is 0 Å². The van der Waals surface area contributed by atoms with Gasteiger partial charge in [-0.05, 0) is 81.6 Å². The van der Waals surface area contributed by atoms with Crippen LogP contribution in [0.2, 0.25) is 5.02 Å². The molecule has 11 heteroatoms. The predicted molar refractivity (Wildman–Crippen MR) is 182 cm³/mol. The summed E-state index contributed by atoms with van der Waals surface area (Å²) in [5.74, 6) is -0.946. The van der Waals surface area contributed by atoms with Crippen molar-refractivity contribution in [3.05, 3.63) is 70.4 Å². The Labute approximate surface area is 276 Å². The lowest BCUT2D eigenvalue weighted by molar-refractivity contribution is -0.160. The monoisotopic (exact) mass is 660 g/mol. The van der Waals surface area contributed by atoms with Gasteiger partial charge in [-0.3, -0.25) is 9.48 Å². The molecule has 3 heterocycles. The van der Waals surface area contributed by atoms with Gasteiger partial charge in [-0.15, -0.1) is 11.3 Å². The second kappa shape index (κ2) is 12.4. The lowest BCUT2D eigenvalue weighted by Crippen LogP contribution is -2.31. The number of carboxylic acids is 1. The zero-order valence-corrected chi connectivity index (χ0v) is 28.3. The molecule has 0 aliphatic carbocycles. The molecule has 6 rings (SSSR count). The van der Waals surface area contributed by atoms with Crippen LogP contribution in [0.3, 0.4) is 0 Å². The first-order chi connectivity index (χ1) is 21.8. The van der Waals surface area contributed by atoms with Crippen LogP contribution in [0, 0.1) is 6.92 Å². The van der Waals surface area contributed by atoms with Crippen LogP contribution in [-0.2, 0) is 26.1 Å². The highest BCUT2D eigenvalue weighted by atomic mass is 35.5. The largest absolute Gasteiger partial charge is 0.479 e. The Morgan fingerprint density at radius 1 is 1.13 bits per heavy atom. The number of thiazole rings is 1. The second-order valence-electron chi connectivity index (χ2n) is 12.8. The molecule has 0 spiro atoms. The van der Waals surface area contributed by atoms with E-state index in [4.69, 9.17) is 31.2 Å². The van der Waals surface area contributed by atoms with Crippen LogP contribution >= 0.6 is 22.9 Å². The van der Waals surface area contributed by atoms with Crippen LogP contribution in [0.25, 0.3) is 42.8 Å². The minimum absolute atomic E-state index is 0.00964. The molecule has 1 aliphatic heterocycles. The number of carbonyl (C=O) groups is 2. The third-order valence-corrected chi connectivity index (χ3v) is 9.73. The van der Waals surface area contributed by atoms with Crippen molar-refractivity contribution >= 4 is 55.9 Å². The number of aryl methyl sites for hydroxylation is 2. The summed E-state index contributed by atoms with van der Waals surface area (Å²) < 4.78 is 14.0. The number of fused-ring (bicyclic) bond motifs is 2. The number of hydrogen-bond donors (Lipinski definition) is 1. The molecular formula is C35H37ClN4O5S. The molecule has 0 bridgehead atoms. The molecule has 1 aliphatic rings. The van der Waals surface area contributed by atoms with Crippen molar-refractivity contribution in [1.82, 2.24) is 19.7 Å². The van der Waals surface area contributed by atoms with Crippen LogP contribution in [0.1, 0.15) is 56.0 Å². The van der Waals surface area contributed by atoms with Crippen molar-refractivity contribution in [2.24, 2.45) is 7.05 Å². The Balaban J connectivity index is 1.49. The maximum atomic E-state index is 12.7. The number of carboxylic acid groups (broad SMARTS) is 1. The zero-order chi connectivity index (χ0) is 32.9. The number of carbonyl (C=O) groups excluding carboxylic acids is 1. The molecule has 1 amide bonds. The highest BCUT2D eigenvalue weighted by Gasteiger charge is 2.33. The number of likely N-dealkylation sites (tertiary alicyclic amines) is 1. The summed E-state index contributed by atoms with van der Waals surface area (Å²) in [5.41, 5.74) is 6.01. The maximum Gasteiger partial charge on any atom is 0.337 e.